The summed E-state index contributed by atoms with van der Waals surface area (Å²) in [4.78, 5) is 10.1. The molecule has 0 bridgehead atoms. The Balaban J connectivity index is 3.60. The molecular weight excluding hydrogens is 153 g/mol. The smallest absolute Gasteiger partial charge is 0.287 e. The number of thioether (sulfide) groups is 1. The molecule has 0 aromatic carbocycles. The minimum absolute atomic E-state index is 0.0792. The molecule has 0 aromatic rings. The van der Waals surface area contributed by atoms with Gasteiger partial charge in [0.2, 0.25) is 0 Å². The molecule has 0 atom stereocenters. The summed E-state index contributed by atoms with van der Waals surface area (Å²) < 4.78 is 33.7. The normalized spacial score (nSPS) is 11.6. The van der Waals surface area contributed by atoms with Crippen LogP contribution in [0.25, 0.3) is 0 Å². The molecule has 54 valence electrons. The van der Waals surface area contributed by atoms with E-state index >= 15 is 0 Å². The van der Waals surface area contributed by atoms with Crippen molar-refractivity contribution in [1.29, 1.82) is 0 Å². The van der Waals surface area contributed by atoms with Gasteiger partial charge in [0.15, 0.2) is 5.12 Å². The molecule has 0 aliphatic heterocycles. The maximum Gasteiger partial charge on any atom is 0.449 e. The van der Waals surface area contributed by atoms with Crippen molar-refractivity contribution in [3.8, 4) is 0 Å². The van der Waals surface area contributed by atoms with Gasteiger partial charge in [0, 0.05) is 18.2 Å². The van der Waals surface area contributed by atoms with E-state index in [-0.39, 0.29) is 6.42 Å². The molecule has 0 aliphatic carbocycles. The number of carbonyl (C=O) groups excluding carboxylic acids is 1. The first kappa shape index (κ1) is 8.81. The highest BCUT2D eigenvalue weighted by Crippen LogP contribution is 2.31. The van der Waals surface area contributed by atoms with Gasteiger partial charge in [-0.25, -0.2) is 0 Å². The van der Waals surface area contributed by atoms with E-state index in [0.717, 1.165) is 0 Å². The predicted octanol–water partition coefficient (Wildman–Crippen LogP) is 2.18. The lowest BCUT2D eigenvalue weighted by atomic mass is 10.6. The molecule has 0 aromatic heterocycles. The Bertz CT molecular complexity index is 109. The van der Waals surface area contributed by atoms with Gasteiger partial charge in [-0.15, -0.1) is 0 Å². The molecule has 0 radical (unpaired) electrons. The molecule has 0 rings (SSSR count). The second-order valence-corrected chi connectivity index (χ2v) is 2.40. The Kier molecular flexibility index (Phi) is 3.03. The summed E-state index contributed by atoms with van der Waals surface area (Å²) in [7, 11) is 0. The minimum Gasteiger partial charge on any atom is -0.287 e. The molecule has 0 aliphatic rings. The van der Waals surface area contributed by atoms with Crippen molar-refractivity contribution in [2.45, 2.75) is 18.9 Å². The zero-order chi connectivity index (χ0) is 7.49. The van der Waals surface area contributed by atoms with Crippen molar-refractivity contribution in [3.05, 3.63) is 0 Å². The summed E-state index contributed by atoms with van der Waals surface area (Å²) in [6.07, 6.45) is -0.0792. The summed E-state index contributed by atoms with van der Waals surface area (Å²) in [6, 6.07) is 0. The monoisotopic (exact) mass is 158 g/mol. The van der Waals surface area contributed by atoms with Crippen LogP contribution in [0.1, 0.15) is 13.3 Å². The Morgan fingerprint density at radius 3 is 2.11 bits per heavy atom. The first-order chi connectivity index (χ1) is 3.95. The highest BCUT2D eigenvalue weighted by Gasteiger charge is 2.31. The summed E-state index contributed by atoms with van der Waals surface area (Å²) in [5.74, 6) is 0. The van der Waals surface area contributed by atoms with Gasteiger partial charge >= 0.3 is 5.51 Å². The van der Waals surface area contributed by atoms with Crippen LogP contribution in [0.5, 0.6) is 0 Å². The Morgan fingerprint density at radius 2 is 2.00 bits per heavy atom. The van der Waals surface area contributed by atoms with Crippen LogP contribution in [0, 0.1) is 0 Å². The number of halogens is 3. The van der Waals surface area contributed by atoms with Gasteiger partial charge in [0.25, 0.3) is 0 Å². The summed E-state index contributed by atoms with van der Waals surface area (Å²) in [5, 5.41) is -0.845. The van der Waals surface area contributed by atoms with E-state index < -0.39 is 22.4 Å². The van der Waals surface area contributed by atoms with Crippen LogP contribution >= 0.6 is 11.8 Å². The van der Waals surface area contributed by atoms with Gasteiger partial charge in [0.05, 0.1) is 0 Å². The Morgan fingerprint density at radius 1 is 1.56 bits per heavy atom. The molecule has 0 amide bonds. The zero-order valence-corrected chi connectivity index (χ0v) is 5.47. The van der Waals surface area contributed by atoms with Crippen LogP contribution in [-0.2, 0) is 4.79 Å². The number of carbonyl (C=O) groups is 1. The van der Waals surface area contributed by atoms with Crippen LogP contribution < -0.4 is 0 Å². The van der Waals surface area contributed by atoms with E-state index in [9.17, 15) is 18.0 Å². The number of rotatable bonds is 1. The van der Waals surface area contributed by atoms with Gasteiger partial charge in [-0.3, -0.25) is 4.79 Å². The van der Waals surface area contributed by atoms with E-state index in [2.05, 4.69) is 0 Å². The first-order valence-corrected chi connectivity index (χ1v) is 3.06. The number of alkyl halides is 3. The Hall–Kier alpha value is -0.190. The van der Waals surface area contributed by atoms with Gasteiger partial charge in [-0.1, -0.05) is 6.92 Å². The topological polar surface area (TPSA) is 17.1 Å². The van der Waals surface area contributed by atoms with Crippen LogP contribution in [0.2, 0.25) is 0 Å². The van der Waals surface area contributed by atoms with E-state index in [0.29, 0.717) is 0 Å². The molecule has 0 fully saturated rings. The fourth-order valence-corrected chi connectivity index (χ4v) is 0.604. The molecule has 0 N–H and O–H groups in total. The standard InChI is InChI=1S/C4H5F3OS/c1-2-3(8)9-4(5,6)7/h2H2,1H3. The quantitative estimate of drug-likeness (QED) is 0.581. The number of hydrogen-bond acceptors (Lipinski definition) is 2. The summed E-state index contributed by atoms with van der Waals surface area (Å²) in [5.41, 5.74) is -4.41. The molecule has 0 saturated carbocycles. The van der Waals surface area contributed by atoms with Crippen LogP contribution in [0.4, 0.5) is 13.2 Å². The van der Waals surface area contributed by atoms with E-state index in [1.54, 1.807) is 0 Å². The van der Waals surface area contributed by atoms with Crippen molar-refractivity contribution in [3.63, 3.8) is 0 Å². The molecule has 0 saturated heterocycles. The van der Waals surface area contributed by atoms with Crippen molar-refractivity contribution >= 4 is 16.9 Å². The van der Waals surface area contributed by atoms with Crippen LogP contribution in [-0.4, -0.2) is 10.6 Å². The molecule has 0 unspecified atom stereocenters. The third-order valence-electron chi connectivity index (χ3n) is 0.518. The lowest BCUT2D eigenvalue weighted by molar-refractivity contribution is -0.111. The van der Waals surface area contributed by atoms with E-state index in [4.69, 9.17) is 0 Å². The predicted molar refractivity (Wildman–Crippen MR) is 28.9 cm³/mol. The first-order valence-electron chi connectivity index (χ1n) is 2.24. The average molecular weight is 158 g/mol. The third-order valence-corrected chi connectivity index (χ3v) is 1.27. The highest BCUT2D eigenvalue weighted by atomic mass is 32.2. The lowest BCUT2D eigenvalue weighted by Gasteiger charge is -2.00. The van der Waals surface area contributed by atoms with Gasteiger partial charge in [0.1, 0.15) is 0 Å². The van der Waals surface area contributed by atoms with Gasteiger partial charge in [-0.05, 0) is 0 Å². The van der Waals surface area contributed by atoms with Crippen LogP contribution in [0.3, 0.4) is 0 Å². The zero-order valence-electron chi connectivity index (χ0n) is 4.66. The van der Waals surface area contributed by atoms with Crippen molar-refractivity contribution in [2.24, 2.45) is 0 Å². The van der Waals surface area contributed by atoms with Crippen molar-refractivity contribution < 1.29 is 18.0 Å². The largest absolute Gasteiger partial charge is 0.449 e. The Labute approximate surface area is 54.6 Å². The minimum atomic E-state index is -4.41. The molecule has 0 heterocycles. The fourth-order valence-electron chi connectivity index (χ4n) is 0.201. The van der Waals surface area contributed by atoms with Gasteiger partial charge < -0.3 is 0 Å². The van der Waals surface area contributed by atoms with E-state index in [1.165, 1.54) is 6.92 Å². The second kappa shape index (κ2) is 3.10. The molecule has 5 heteroatoms. The lowest BCUT2D eigenvalue weighted by Crippen LogP contribution is -2.04. The second-order valence-electron chi connectivity index (χ2n) is 1.27. The maximum atomic E-state index is 11.2. The summed E-state index contributed by atoms with van der Waals surface area (Å²) >= 11 is -0.582. The third kappa shape index (κ3) is 5.68. The number of hydrogen-bond donors (Lipinski definition) is 0. The van der Waals surface area contributed by atoms with Crippen molar-refractivity contribution in [2.75, 3.05) is 0 Å². The molecule has 9 heavy (non-hydrogen) atoms. The average Bonchev–Trinajstić information content (AvgIpc) is 1.62. The van der Waals surface area contributed by atoms with Crippen molar-refractivity contribution in [1.82, 2.24) is 0 Å². The molecule has 0 spiro atoms. The molecular formula is C4H5F3OS. The van der Waals surface area contributed by atoms with Crippen LogP contribution in [0.15, 0.2) is 0 Å². The molecule has 1 nitrogen and oxygen atoms in total. The summed E-state index contributed by atoms with van der Waals surface area (Å²) in [6.45, 7) is 1.39. The van der Waals surface area contributed by atoms with Gasteiger partial charge in [-0.2, -0.15) is 13.2 Å². The SMILES string of the molecule is CCC(=O)SC(F)(F)F. The highest BCUT2D eigenvalue weighted by molar-refractivity contribution is 8.14. The maximum absolute atomic E-state index is 11.2. The fraction of sp³-hybridized carbons (Fsp3) is 0.750. The van der Waals surface area contributed by atoms with E-state index in [1.807, 2.05) is 0 Å².